The van der Waals surface area contributed by atoms with Crippen molar-refractivity contribution < 1.29 is 19.3 Å². The fraction of sp³-hybridized carbons (Fsp3) is 0.459. The second-order valence-electron chi connectivity index (χ2n) is 11.5. The van der Waals surface area contributed by atoms with E-state index >= 15 is 0 Å². The topological polar surface area (TPSA) is 54.4 Å². The summed E-state index contributed by atoms with van der Waals surface area (Å²) in [7, 11) is 7.67. The lowest BCUT2D eigenvalue weighted by atomic mass is 9.92. The summed E-state index contributed by atoms with van der Waals surface area (Å²) in [4.78, 5) is 4.66. The van der Waals surface area contributed by atoms with Crippen LogP contribution in [-0.4, -0.2) is 57.0 Å². The molecule has 43 heavy (non-hydrogen) atoms. The molecule has 0 aromatic heterocycles. The number of hydrogen-bond acceptors (Lipinski definition) is 6. The summed E-state index contributed by atoms with van der Waals surface area (Å²) in [5.41, 5.74) is 5.32. The molecule has 3 aromatic rings. The van der Waals surface area contributed by atoms with E-state index in [1.54, 1.807) is 20.3 Å². The van der Waals surface area contributed by atoms with E-state index in [2.05, 4.69) is 74.0 Å². The summed E-state index contributed by atoms with van der Waals surface area (Å²) < 4.78 is 17.0. The molecule has 0 amide bonds. The quantitative estimate of drug-likeness (QED) is 0.248. The molecule has 0 heterocycles. The summed E-state index contributed by atoms with van der Waals surface area (Å²) >= 11 is 0. The van der Waals surface area contributed by atoms with Crippen LogP contribution in [0.1, 0.15) is 62.1 Å². The number of phenolic OH excluding ortho intramolecular Hbond substituents is 1. The molecule has 5 rings (SSSR count). The third-order valence-electron chi connectivity index (χ3n) is 8.73. The van der Waals surface area contributed by atoms with E-state index in [0.29, 0.717) is 5.75 Å². The molecule has 2 aliphatic rings. The number of methoxy groups -OCH3 is 2. The maximum absolute atomic E-state index is 9.19. The smallest absolute Gasteiger partial charge is 0.162 e. The molecule has 6 nitrogen and oxygen atoms in total. The van der Waals surface area contributed by atoms with Crippen molar-refractivity contribution in [1.82, 2.24) is 4.90 Å². The third kappa shape index (κ3) is 9.08. The van der Waals surface area contributed by atoms with E-state index < -0.39 is 0 Å². The van der Waals surface area contributed by atoms with Gasteiger partial charge in [0.15, 0.2) is 11.5 Å². The fourth-order valence-electron chi connectivity index (χ4n) is 6.01. The molecule has 2 aliphatic carbocycles. The van der Waals surface area contributed by atoms with E-state index in [-0.39, 0.29) is 5.54 Å². The molecule has 0 saturated heterocycles. The van der Waals surface area contributed by atoms with Gasteiger partial charge in [-0.25, -0.2) is 0 Å². The second kappa shape index (κ2) is 16.7. The van der Waals surface area contributed by atoms with Gasteiger partial charge in [-0.05, 0) is 113 Å². The van der Waals surface area contributed by atoms with Crippen molar-refractivity contribution in [2.24, 2.45) is 0 Å². The first-order chi connectivity index (χ1) is 20.9. The molecular formula is C37H50N2O4. The number of hydrogen-bond donors (Lipinski definition) is 1. The molecule has 232 valence electrons. The number of benzene rings is 3. The molecule has 1 N–H and O–H groups in total. The first-order valence-electron chi connectivity index (χ1n) is 15.4. The van der Waals surface area contributed by atoms with E-state index in [0.717, 1.165) is 49.1 Å². The molecule has 6 heteroatoms. The molecule has 0 atom stereocenters. The monoisotopic (exact) mass is 586 g/mol. The van der Waals surface area contributed by atoms with Crippen LogP contribution in [0.5, 0.6) is 23.0 Å². The van der Waals surface area contributed by atoms with Gasteiger partial charge in [0, 0.05) is 24.8 Å². The number of anilines is 1. The number of terminal acetylenes is 1. The van der Waals surface area contributed by atoms with Crippen molar-refractivity contribution in [3.8, 4) is 35.8 Å². The van der Waals surface area contributed by atoms with Gasteiger partial charge in [0.05, 0.1) is 19.8 Å². The van der Waals surface area contributed by atoms with Crippen LogP contribution in [0.2, 0.25) is 0 Å². The highest BCUT2D eigenvalue weighted by atomic mass is 16.5. The Kier molecular flexibility index (Phi) is 13.1. The van der Waals surface area contributed by atoms with Gasteiger partial charge in [-0.1, -0.05) is 31.0 Å². The molecule has 0 unspecified atom stereocenters. The second-order valence-corrected chi connectivity index (χ2v) is 11.5. The predicted molar refractivity (Wildman–Crippen MR) is 178 cm³/mol. The van der Waals surface area contributed by atoms with Crippen LogP contribution in [0.4, 0.5) is 5.69 Å². The minimum Gasteiger partial charge on any atom is -0.508 e. The van der Waals surface area contributed by atoms with Crippen molar-refractivity contribution in [2.75, 3.05) is 46.4 Å². The van der Waals surface area contributed by atoms with Crippen LogP contribution in [0.15, 0.2) is 60.7 Å². The fourth-order valence-corrected chi connectivity index (χ4v) is 6.01. The van der Waals surface area contributed by atoms with E-state index in [1.807, 2.05) is 24.3 Å². The SMILES string of the molecule is C#C.CCN(Cc1ccc(OCC2(N(C)C)CCCC2)cc1)c1ccc(OC)c(OC)c1.Oc1ccc2c(c1)CCCC2. The van der Waals surface area contributed by atoms with E-state index in [4.69, 9.17) is 14.2 Å². The van der Waals surface area contributed by atoms with Crippen molar-refractivity contribution in [3.63, 3.8) is 0 Å². The normalized spacial score (nSPS) is 14.8. The Morgan fingerprint density at radius 2 is 1.44 bits per heavy atom. The molecule has 0 aliphatic heterocycles. The van der Waals surface area contributed by atoms with Gasteiger partial charge in [-0.15, -0.1) is 12.8 Å². The van der Waals surface area contributed by atoms with Gasteiger partial charge in [-0.2, -0.15) is 0 Å². The van der Waals surface area contributed by atoms with Crippen LogP contribution in [0, 0.1) is 12.8 Å². The number of aromatic hydroxyl groups is 1. The van der Waals surface area contributed by atoms with Crippen LogP contribution >= 0.6 is 0 Å². The molecule has 3 aromatic carbocycles. The average Bonchev–Trinajstić information content (AvgIpc) is 3.55. The van der Waals surface area contributed by atoms with Crippen molar-refractivity contribution in [3.05, 3.63) is 77.4 Å². The Morgan fingerprint density at radius 3 is 2.05 bits per heavy atom. The zero-order chi connectivity index (χ0) is 31.2. The highest BCUT2D eigenvalue weighted by Gasteiger charge is 2.36. The molecule has 1 fully saturated rings. The maximum Gasteiger partial charge on any atom is 0.162 e. The van der Waals surface area contributed by atoms with Crippen molar-refractivity contribution in [2.45, 2.75) is 70.4 Å². The third-order valence-corrected chi connectivity index (χ3v) is 8.73. The summed E-state index contributed by atoms with van der Waals surface area (Å²) in [5.74, 6) is 2.85. The number of likely N-dealkylation sites (N-methyl/N-ethyl adjacent to an activating group) is 1. The molecule has 1 saturated carbocycles. The average molecular weight is 587 g/mol. The maximum atomic E-state index is 9.19. The Bertz CT molecular complexity index is 1280. The Morgan fingerprint density at radius 1 is 0.791 bits per heavy atom. The summed E-state index contributed by atoms with van der Waals surface area (Å²) in [6, 6.07) is 20.3. The number of ether oxygens (including phenoxy) is 3. The number of nitrogens with zero attached hydrogens (tertiary/aromatic N) is 2. The van der Waals surface area contributed by atoms with Crippen LogP contribution in [0.25, 0.3) is 0 Å². The van der Waals surface area contributed by atoms with Crippen LogP contribution < -0.4 is 19.1 Å². The van der Waals surface area contributed by atoms with Crippen molar-refractivity contribution in [1.29, 1.82) is 0 Å². The lowest BCUT2D eigenvalue weighted by molar-refractivity contribution is 0.0865. The van der Waals surface area contributed by atoms with E-state index in [1.165, 1.54) is 61.6 Å². The highest BCUT2D eigenvalue weighted by molar-refractivity contribution is 5.56. The minimum atomic E-state index is 0.186. The zero-order valence-corrected chi connectivity index (χ0v) is 26.8. The largest absolute Gasteiger partial charge is 0.508 e. The first-order valence-corrected chi connectivity index (χ1v) is 15.4. The summed E-state index contributed by atoms with van der Waals surface area (Å²) in [6.07, 6.45) is 17.9. The van der Waals surface area contributed by atoms with Crippen LogP contribution in [0.3, 0.4) is 0 Å². The molecule has 0 bridgehead atoms. The lowest BCUT2D eigenvalue weighted by Gasteiger charge is -2.36. The minimum absolute atomic E-state index is 0.186. The van der Waals surface area contributed by atoms with Gasteiger partial charge < -0.3 is 29.1 Å². The van der Waals surface area contributed by atoms with Gasteiger partial charge in [-0.3, -0.25) is 0 Å². The van der Waals surface area contributed by atoms with Gasteiger partial charge in [0.25, 0.3) is 0 Å². The predicted octanol–water partition coefficient (Wildman–Crippen LogP) is 7.50. The van der Waals surface area contributed by atoms with Crippen LogP contribution in [-0.2, 0) is 19.4 Å². The Balaban J connectivity index is 0.000000322. The van der Waals surface area contributed by atoms with Gasteiger partial charge >= 0.3 is 0 Å². The van der Waals surface area contributed by atoms with Gasteiger partial charge in [0.1, 0.15) is 18.1 Å². The summed E-state index contributed by atoms with van der Waals surface area (Å²) in [6.45, 7) is 4.65. The summed E-state index contributed by atoms with van der Waals surface area (Å²) in [5, 5.41) is 9.19. The Labute approximate surface area is 259 Å². The molecule has 0 spiro atoms. The molecular weight excluding hydrogens is 536 g/mol. The number of fused-ring (bicyclic) bond motifs is 1. The lowest BCUT2D eigenvalue weighted by Crippen LogP contribution is -2.46. The number of rotatable bonds is 10. The van der Waals surface area contributed by atoms with Gasteiger partial charge in [0.2, 0.25) is 0 Å². The molecule has 0 radical (unpaired) electrons. The standard InChI is InChI=1S/C25H36N2O3.C10H12O.C2H2/c1-6-27(21-11-14-23(28-4)24(17-21)29-5)18-20-9-12-22(13-10-20)30-19-25(26(2)3)15-7-8-16-25;11-10-6-5-8-3-1-2-4-9(8)7-10;1-2/h9-14,17H,6-8,15-16,18-19H2,1-5H3;5-7,11H,1-4H2;1-2H. The van der Waals surface area contributed by atoms with E-state index in [9.17, 15) is 5.11 Å². The first kappa shape index (κ1) is 33.7. The highest BCUT2D eigenvalue weighted by Crippen LogP contribution is 2.35. The number of phenols is 1. The zero-order valence-electron chi connectivity index (χ0n) is 26.8. The van der Waals surface area contributed by atoms with Crippen molar-refractivity contribution >= 4 is 5.69 Å². The number of aryl methyl sites for hydroxylation is 2. The Hall–Kier alpha value is -3.82.